The molecule has 2 aromatic heterocycles. The predicted molar refractivity (Wildman–Crippen MR) is 150 cm³/mol. The highest BCUT2D eigenvalue weighted by atomic mass is 19.1. The van der Waals surface area contributed by atoms with E-state index in [9.17, 15) is 19.7 Å². The van der Waals surface area contributed by atoms with E-state index in [1.807, 2.05) is 57.0 Å². The number of aryl methyl sites for hydroxylation is 1. The Labute approximate surface area is 232 Å². The summed E-state index contributed by atoms with van der Waals surface area (Å²) < 4.78 is 22.1. The van der Waals surface area contributed by atoms with Crippen molar-refractivity contribution in [3.05, 3.63) is 65.6 Å². The molecule has 0 unspecified atom stereocenters. The van der Waals surface area contributed by atoms with Gasteiger partial charge in [0.15, 0.2) is 0 Å². The molecule has 1 fully saturated rings. The fraction of sp³-hybridized carbons (Fsp3) is 0.323. The molecular weight excluding hydrogens is 507 g/mol. The number of carbonyl (C=O) groups is 1. The van der Waals surface area contributed by atoms with E-state index in [0.29, 0.717) is 54.1 Å². The lowest BCUT2D eigenvalue weighted by Gasteiger charge is -2.33. The number of rotatable bonds is 4. The molecule has 4 aromatic rings. The molecule has 0 atom stereocenters. The Balaban J connectivity index is 1.58. The van der Waals surface area contributed by atoms with Crippen LogP contribution in [-0.4, -0.2) is 39.4 Å². The van der Waals surface area contributed by atoms with Crippen LogP contribution in [0.1, 0.15) is 44.7 Å². The molecule has 0 saturated carbocycles. The maximum atomic E-state index is 14.8. The van der Waals surface area contributed by atoms with Gasteiger partial charge in [0.2, 0.25) is 0 Å². The second-order valence-corrected chi connectivity index (χ2v) is 11.0. The van der Waals surface area contributed by atoms with Gasteiger partial charge < -0.3 is 9.64 Å². The van der Waals surface area contributed by atoms with Crippen LogP contribution in [0.15, 0.2) is 48.7 Å². The summed E-state index contributed by atoms with van der Waals surface area (Å²) in [5.41, 5.74) is 2.94. The number of halogens is 1. The number of hydrogen-bond acceptors (Lipinski definition) is 7. The van der Waals surface area contributed by atoms with E-state index in [1.165, 1.54) is 12.1 Å². The van der Waals surface area contributed by atoms with Gasteiger partial charge in [-0.05, 0) is 69.5 Å². The Morgan fingerprint density at radius 3 is 2.38 bits per heavy atom. The van der Waals surface area contributed by atoms with Gasteiger partial charge in [0.25, 0.3) is 0 Å². The number of ether oxygens (including phenoxy) is 1. The molecule has 202 valence electrons. The molecule has 0 N–H and O–H groups in total. The Hall–Kier alpha value is -4.76. The Kier molecular flexibility index (Phi) is 6.99. The second-order valence-electron chi connectivity index (χ2n) is 11.0. The van der Waals surface area contributed by atoms with Crippen molar-refractivity contribution in [3.63, 3.8) is 0 Å². The van der Waals surface area contributed by atoms with E-state index in [-0.39, 0.29) is 17.5 Å². The highest BCUT2D eigenvalue weighted by Gasteiger charge is 2.30. The van der Waals surface area contributed by atoms with Crippen LogP contribution >= 0.6 is 0 Å². The lowest BCUT2D eigenvalue weighted by molar-refractivity contribution is -0.160. The predicted octanol–water partition coefficient (Wildman–Crippen LogP) is 5.74. The minimum atomic E-state index is -0.655. The van der Waals surface area contributed by atoms with Gasteiger partial charge in [0.05, 0.1) is 40.5 Å². The molecule has 2 aromatic carbocycles. The van der Waals surface area contributed by atoms with E-state index < -0.39 is 11.4 Å². The lowest BCUT2D eigenvalue weighted by atomic mass is 9.93. The average Bonchev–Trinajstić information content (AvgIpc) is 3.31. The average molecular weight is 537 g/mol. The molecule has 5 rings (SSSR count). The maximum Gasteiger partial charge on any atom is 0.309 e. The van der Waals surface area contributed by atoms with Crippen LogP contribution in [0.2, 0.25) is 0 Å². The molecule has 40 heavy (non-hydrogen) atoms. The number of fused-ring (bicyclic) bond motifs is 1. The van der Waals surface area contributed by atoms with Gasteiger partial charge in [0.1, 0.15) is 23.3 Å². The molecule has 1 saturated heterocycles. The van der Waals surface area contributed by atoms with E-state index >= 15 is 0 Å². The van der Waals surface area contributed by atoms with E-state index in [2.05, 4.69) is 11.2 Å². The molecular formula is C31H29FN6O2. The number of benzene rings is 2. The van der Waals surface area contributed by atoms with Crippen molar-refractivity contribution in [2.75, 3.05) is 18.0 Å². The van der Waals surface area contributed by atoms with Crippen LogP contribution in [0.3, 0.4) is 0 Å². The normalized spacial score (nSPS) is 14.1. The Morgan fingerprint density at radius 1 is 1.02 bits per heavy atom. The topological polar surface area (TPSA) is 108 Å². The molecule has 9 heteroatoms. The quantitative estimate of drug-likeness (QED) is 0.306. The maximum absolute atomic E-state index is 14.8. The van der Waals surface area contributed by atoms with Gasteiger partial charge in [-0.2, -0.15) is 15.6 Å². The number of pyridine rings is 1. The zero-order valence-electron chi connectivity index (χ0n) is 22.9. The zero-order chi connectivity index (χ0) is 28.6. The smallest absolute Gasteiger partial charge is 0.309 e. The highest BCUT2D eigenvalue weighted by Crippen LogP contribution is 2.38. The fourth-order valence-electron chi connectivity index (χ4n) is 5.08. The monoisotopic (exact) mass is 536 g/mol. The number of nitriles is 2. The van der Waals surface area contributed by atoms with Crippen LogP contribution in [0.25, 0.3) is 33.3 Å². The molecule has 0 bridgehead atoms. The number of esters is 1. The summed E-state index contributed by atoms with van der Waals surface area (Å²) in [6.07, 6.45) is 2.94. The molecule has 1 aliphatic rings. The molecule has 0 radical (unpaired) electrons. The van der Waals surface area contributed by atoms with Crippen molar-refractivity contribution in [1.29, 1.82) is 10.5 Å². The summed E-state index contributed by atoms with van der Waals surface area (Å²) in [4.78, 5) is 19.6. The fourth-order valence-corrected chi connectivity index (χ4v) is 5.08. The Morgan fingerprint density at radius 2 is 1.73 bits per heavy atom. The van der Waals surface area contributed by atoms with Crippen LogP contribution in [-0.2, 0) is 16.6 Å². The molecule has 8 nitrogen and oxygen atoms in total. The molecule has 3 heterocycles. The van der Waals surface area contributed by atoms with Gasteiger partial charge in [-0.25, -0.2) is 9.37 Å². The van der Waals surface area contributed by atoms with Crippen molar-refractivity contribution in [1.82, 2.24) is 14.8 Å². The van der Waals surface area contributed by atoms with Crippen molar-refractivity contribution < 1.29 is 13.9 Å². The highest BCUT2D eigenvalue weighted by molar-refractivity contribution is 5.91. The Bertz CT molecular complexity index is 1700. The second kappa shape index (κ2) is 10.4. The minimum Gasteiger partial charge on any atom is -0.460 e. The first kappa shape index (κ1) is 26.8. The van der Waals surface area contributed by atoms with E-state index in [4.69, 9.17) is 9.72 Å². The van der Waals surface area contributed by atoms with Crippen molar-refractivity contribution in [3.8, 4) is 34.5 Å². The first-order valence-electron chi connectivity index (χ1n) is 13.1. The number of carbonyl (C=O) groups excluding carboxylic acids is 1. The largest absolute Gasteiger partial charge is 0.460 e. The minimum absolute atomic E-state index is 0.0667. The third kappa shape index (κ3) is 5.23. The van der Waals surface area contributed by atoms with E-state index in [0.717, 1.165) is 16.5 Å². The first-order chi connectivity index (χ1) is 19.1. The van der Waals surface area contributed by atoms with Gasteiger partial charge >= 0.3 is 5.97 Å². The summed E-state index contributed by atoms with van der Waals surface area (Å²) >= 11 is 0. The third-order valence-corrected chi connectivity index (χ3v) is 7.08. The number of aromatic nitrogens is 3. The molecule has 1 aliphatic heterocycles. The zero-order valence-corrected chi connectivity index (χ0v) is 22.9. The van der Waals surface area contributed by atoms with Crippen LogP contribution in [0.4, 0.5) is 10.2 Å². The lowest BCUT2D eigenvalue weighted by Crippen LogP contribution is -2.39. The third-order valence-electron chi connectivity index (χ3n) is 7.08. The van der Waals surface area contributed by atoms with Gasteiger partial charge in [0, 0.05) is 36.7 Å². The van der Waals surface area contributed by atoms with Gasteiger partial charge in [-0.15, -0.1) is 0 Å². The first-order valence-corrected chi connectivity index (χ1v) is 13.1. The van der Waals surface area contributed by atoms with Crippen LogP contribution in [0, 0.1) is 34.4 Å². The van der Waals surface area contributed by atoms with E-state index in [1.54, 1.807) is 23.0 Å². The molecule has 0 spiro atoms. The molecule has 0 aliphatic carbocycles. The van der Waals surface area contributed by atoms with Gasteiger partial charge in [-0.3, -0.25) is 9.48 Å². The molecule has 0 amide bonds. The van der Waals surface area contributed by atoms with Crippen molar-refractivity contribution >= 4 is 22.7 Å². The summed E-state index contributed by atoms with van der Waals surface area (Å²) in [5.74, 6) is -0.487. The number of nitrogens with zero attached hydrogens (tertiary/aromatic N) is 6. The number of piperidine rings is 1. The number of anilines is 1. The van der Waals surface area contributed by atoms with Gasteiger partial charge in [-0.1, -0.05) is 12.1 Å². The summed E-state index contributed by atoms with van der Waals surface area (Å²) in [5, 5.41) is 24.7. The van der Waals surface area contributed by atoms with Crippen molar-refractivity contribution in [2.45, 2.75) is 39.2 Å². The standard InChI is InChI=1S/C31H29FN6O2/c1-31(2,3)40-30(39)19-9-11-38(12-10-19)27-15-23(17-34)28(20-7-8-26-24(13-20)18-35-37(26)4)29(36-27)21-5-6-22(16-33)25(32)14-21/h5-8,13-15,18-19H,9-12H2,1-4H3. The SMILES string of the molecule is Cn1ncc2cc(-c3c(C#N)cc(N4CCC(C(=O)OC(C)(C)C)CC4)nc3-c3ccc(C#N)c(F)c3)ccc21. The van der Waals surface area contributed by atoms with Crippen molar-refractivity contribution in [2.24, 2.45) is 13.0 Å². The van der Waals surface area contributed by atoms with Crippen LogP contribution in [0.5, 0.6) is 0 Å². The summed E-state index contributed by atoms with van der Waals surface area (Å²) in [7, 11) is 1.86. The van der Waals surface area contributed by atoms with Crippen LogP contribution < -0.4 is 4.90 Å². The number of hydrogen-bond donors (Lipinski definition) is 0. The summed E-state index contributed by atoms with van der Waals surface area (Å²) in [6, 6.07) is 16.0. The summed E-state index contributed by atoms with van der Waals surface area (Å²) in [6.45, 7) is 6.69.